The maximum absolute atomic E-state index is 12.2. The Bertz CT molecular complexity index is 601. The minimum atomic E-state index is -0.294. The molecule has 0 atom stereocenters. The van der Waals surface area contributed by atoms with Gasteiger partial charge in [-0.15, -0.1) is 22.7 Å². The first-order valence-electron chi connectivity index (χ1n) is 7.37. The first-order valence-corrected chi connectivity index (χ1v) is 9.07. The van der Waals surface area contributed by atoms with E-state index >= 15 is 0 Å². The molecule has 0 saturated heterocycles. The molecule has 6 heteroatoms. The molecular weight excluding hydrogens is 304 g/mol. The molecule has 1 aliphatic rings. The van der Waals surface area contributed by atoms with Crippen LogP contribution in [-0.4, -0.2) is 22.5 Å². The number of thiazole rings is 2. The van der Waals surface area contributed by atoms with Crippen molar-refractivity contribution in [3.8, 4) is 10.0 Å². The van der Waals surface area contributed by atoms with Crippen molar-refractivity contribution in [2.24, 2.45) is 0 Å². The lowest BCUT2D eigenvalue weighted by molar-refractivity contribution is 0.0518. The molecule has 0 bridgehead atoms. The first-order chi connectivity index (χ1) is 10.3. The number of rotatable bonds is 4. The quantitative estimate of drug-likeness (QED) is 0.778. The van der Waals surface area contributed by atoms with Crippen molar-refractivity contribution in [2.75, 3.05) is 6.61 Å². The zero-order chi connectivity index (χ0) is 14.7. The Kier molecular flexibility index (Phi) is 4.65. The van der Waals surface area contributed by atoms with E-state index in [4.69, 9.17) is 4.74 Å². The SMILES string of the molecule is CCOC(=O)c1nc(-c2nccs2)sc1C1CCCCC1. The van der Waals surface area contributed by atoms with Crippen molar-refractivity contribution in [3.05, 3.63) is 22.1 Å². The number of nitrogens with zero attached hydrogens (tertiary/aromatic N) is 2. The lowest BCUT2D eigenvalue weighted by atomic mass is 9.87. The van der Waals surface area contributed by atoms with Crippen molar-refractivity contribution < 1.29 is 9.53 Å². The Morgan fingerprint density at radius 3 is 2.81 bits per heavy atom. The van der Waals surface area contributed by atoms with Crippen LogP contribution in [0.25, 0.3) is 10.0 Å². The maximum atomic E-state index is 12.2. The van der Waals surface area contributed by atoms with Gasteiger partial charge in [0.15, 0.2) is 15.7 Å². The summed E-state index contributed by atoms with van der Waals surface area (Å²) in [6.07, 6.45) is 7.82. The highest BCUT2D eigenvalue weighted by molar-refractivity contribution is 7.20. The summed E-state index contributed by atoms with van der Waals surface area (Å²) in [5.41, 5.74) is 0.513. The Morgan fingerprint density at radius 2 is 2.14 bits per heavy atom. The van der Waals surface area contributed by atoms with Crippen molar-refractivity contribution in [2.45, 2.75) is 44.9 Å². The number of carbonyl (C=O) groups excluding carboxylic acids is 1. The minimum absolute atomic E-state index is 0.294. The molecule has 0 aromatic carbocycles. The summed E-state index contributed by atoms with van der Waals surface area (Å²) in [4.78, 5) is 22.1. The molecule has 2 heterocycles. The van der Waals surface area contributed by atoms with E-state index in [1.165, 1.54) is 19.3 Å². The van der Waals surface area contributed by atoms with Crippen LogP contribution in [0.15, 0.2) is 11.6 Å². The predicted octanol–water partition coefficient (Wildman–Crippen LogP) is 4.49. The van der Waals surface area contributed by atoms with Crippen LogP contribution in [-0.2, 0) is 4.74 Å². The number of aromatic nitrogens is 2. The summed E-state index contributed by atoms with van der Waals surface area (Å²) < 4.78 is 5.18. The number of carbonyl (C=O) groups is 1. The first kappa shape index (κ1) is 14.7. The number of hydrogen-bond acceptors (Lipinski definition) is 6. The Morgan fingerprint density at radius 1 is 1.33 bits per heavy atom. The summed E-state index contributed by atoms with van der Waals surface area (Å²) in [5.74, 6) is 0.154. The van der Waals surface area contributed by atoms with Crippen LogP contribution >= 0.6 is 22.7 Å². The third-order valence-corrected chi connectivity index (χ3v) is 5.85. The van der Waals surface area contributed by atoms with E-state index in [9.17, 15) is 4.79 Å². The van der Waals surface area contributed by atoms with Crippen LogP contribution in [0.4, 0.5) is 0 Å². The van der Waals surface area contributed by atoms with Crippen LogP contribution in [0.1, 0.15) is 60.3 Å². The van der Waals surface area contributed by atoms with Crippen molar-refractivity contribution in [1.82, 2.24) is 9.97 Å². The van der Waals surface area contributed by atoms with Crippen LogP contribution in [0.3, 0.4) is 0 Å². The molecule has 2 aromatic rings. The molecule has 1 saturated carbocycles. The maximum Gasteiger partial charge on any atom is 0.358 e. The van der Waals surface area contributed by atoms with Gasteiger partial charge in [0.05, 0.1) is 6.61 Å². The second kappa shape index (κ2) is 6.66. The predicted molar refractivity (Wildman–Crippen MR) is 85.0 cm³/mol. The molecular formula is C15H18N2O2S2. The van der Waals surface area contributed by atoms with Crippen LogP contribution < -0.4 is 0 Å². The molecule has 0 radical (unpaired) electrons. The van der Waals surface area contributed by atoms with Crippen LogP contribution in [0, 0.1) is 0 Å². The highest BCUT2D eigenvalue weighted by atomic mass is 32.1. The molecule has 0 amide bonds. The van der Waals surface area contributed by atoms with Gasteiger partial charge in [-0.2, -0.15) is 0 Å². The zero-order valence-electron chi connectivity index (χ0n) is 12.0. The molecule has 112 valence electrons. The fourth-order valence-electron chi connectivity index (χ4n) is 2.74. The Labute approximate surface area is 132 Å². The highest BCUT2D eigenvalue weighted by Crippen LogP contribution is 2.40. The molecule has 21 heavy (non-hydrogen) atoms. The smallest absolute Gasteiger partial charge is 0.358 e. The summed E-state index contributed by atoms with van der Waals surface area (Å²) in [5, 5.41) is 3.65. The Hall–Kier alpha value is -1.27. The lowest BCUT2D eigenvalue weighted by Gasteiger charge is -2.20. The van der Waals surface area contributed by atoms with Gasteiger partial charge in [0.2, 0.25) is 0 Å². The van der Waals surface area contributed by atoms with Gasteiger partial charge in [0.1, 0.15) is 0 Å². The number of ether oxygens (including phenoxy) is 1. The van der Waals surface area contributed by atoms with E-state index < -0.39 is 0 Å². The average molecular weight is 322 g/mol. The second-order valence-corrected chi connectivity index (χ2v) is 7.05. The van der Waals surface area contributed by atoms with Gasteiger partial charge in [-0.1, -0.05) is 19.3 Å². The summed E-state index contributed by atoms with van der Waals surface area (Å²) in [7, 11) is 0. The summed E-state index contributed by atoms with van der Waals surface area (Å²) in [6, 6.07) is 0. The molecule has 1 aliphatic carbocycles. The fraction of sp³-hybridized carbons (Fsp3) is 0.533. The highest BCUT2D eigenvalue weighted by Gasteiger charge is 2.27. The standard InChI is InChI=1S/C15H18N2O2S2/c1-2-19-15(18)11-12(10-6-4-3-5-7-10)21-14(17-11)13-16-8-9-20-13/h8-10H,2-7H2,1H3. The van der Waals surface area contributed by atoms with Crippen molar-refractivity contribution in [3.63, 3.8) is 0 Å². The van der Waals surface area contributed by atoms with Gasteiger partial charge < -0.3 is 4.74 Å². The van der Waals surface area contributed by atoms with Gasteiger partial charge >= 0.3 is 5.97 Å². The van der Waals surface area contributed by atoms with Crippen LogP contribution in [0.2, 0.25) is 0 Å². The van der Waals surface area contributed by atoms with Crippen LogP contribution in [0.5, 0.6) is 0 Å². The normalized spacial score (nSPS) is 16.0. The van der Waals surface area contributed by atoms with Gasteiger partial charge in [0, 0.05) is 16.5 Å². The molecule has 0 spiro atoms. The van der Waals surface area contributed by atoms with E-state index in [1.54, 1.807) is 28.9 Å². The van der Waals surface area contributed by atoms with E-state index in [-0.39, 0.29) is 5.97 Å². The number of hydrogen-bond donors (Lipinski definition) is 0. The van der Waals surface area contributed by atoms with Gasteiger partial charge in [-0.3, -0.25) is 0 Å². The number of esters is 1. The van der Waals surface area contributed by atoms with Gasteiger partial charge in [-0.25, -0.2) is 14.8 Å². The summed E-state index contributed by atoms with van der Waals surface area (Å²) in [6.45, 7) is 2.21. The molecule has 0 aliphatic heterocycles. The average Bonchev–Trinajstić information content (AvgIpc) is 3.17. The molecule has 0 unspecified atom stereocenters. The molecule has 3 rings (SSSR count). The summed E-state index contributed by atoms with van der Waals surface area (Å²) >= 11 is 3.17. The third-order valence-electron chi connectivity index (χ3n) is 3.71. The minimum Gasteiger partial charge on any atom is -0.461 e. The van der Waals surface area contributed by atoms with E-state index in [0.29, 0.717) is 18.2 Å². The topological polar surface area (TPSA) is 52.1 Å². The molecule has 0 N–H and O–H groups in total. The Balaban J connectivity index is 1.96. The van der Waals surface area contributed by atoms with Gasteiger partial charge in [0.25, 0.3) is 0 Å². The second-order valence-electron chi connectivity index (χ2n) is 5.12. The third kappa shape index (κ3) is 3.16. The van der Waals surface area contributed by atoms with Crippen molar-refractivity contribution >= 4 is 28.6 Å². The monoisotopic (exact) mass is 322 g/mol. The van der Waals surface area contributed by atoms with E-state index in [0.717, 1.165) is 27.7 Å². The largest absolute Gasteiger partial charge is 0.461 e. The molecule has 4 nitrogen and oxygen atoms in total. The fourth-order valence-corrected chi connectivity index (χ4v) is 4.64. The zero-order valence-corrected chi connectivity index (χ0v) is 13.6. The molecule has 1 fully saturated rings. The van der Waals surface area contributed by atoms with Crippen molar-refractivity contribution in [1.29, 1.82) is 0 Å². The molecule has 2 aromatic heterocycles. The van der Waals surface area contributed by atoms with E-state index in [2.05, 4.69) is 9.97 Å². The van der Waals surface area contributed by atoms with Gasteiger partial charge in [-0.05, 0) is 25.7 Å². The lowest BCUT2D eigenvalue weighted by Crippen LogP contribution is -2.11. The van der Waals surface area contributed by atoms with E-state index in [1.807, 2.05) is 12.3 Å².